The molecule has 0 amide bonds. The predicted octanol–water partition coefficient (Wildman–Crippen LogP) is 5.71. The number of rotatable bonds is 9. The molecule has 1 aliphatic carbocycles. The Bertz CT molecular complexity index is 428. The molecule has 3 fully saturated rings. The minimum atomic E-state index is -0.0533. The van der Waals surface area contributed by atoms with Crippen LogP contribution in [0.25, 0.3) is 0 Å². The van der Waals surface area contributed by atoms with Crippen molar-refractivity contribution in [2.75, 3.05) is 26.4 Å². The van der Waals surface area contributed by atoms with Crippen molar-refractivity contribution in [2.45, 2.75) is 90.6 Å². The highest BCUT2D eigenvalue weighted by Gasteiger charge is 2.32. The van der Waals surface area contributed by atoms with Crippen LogP contribution in [-0.4, -0.2) is 39.0 Å². The van der Waals surface area contributed by atoms with E-state index in [2.05, 4.69) is 26.0 Å². The van der Waals surface area contributed by atoms with Crippen LogP contribution >= 0.6 is 0 Å². The molecule has 2 heterocycles. The summed E-state index contributed by atoms with van der Waals surface area (Å²) in [6.07, 6.45) is 16.8. The van der Waals surface area contributed by atoms with Gasteiger partial charge in [-0.15, -0.1) is 0 Å². The molecule has 3 aliphatic rings. The molecular formula is C24H42O4. The molecule has 0 aromatic heterocycles. The second kappa shape index (κ2) is 12.3. The Labute approximate surface area is 172 Å². The van der Waals surface area contributed by atoms with E-state index in [1.165, 1.54) is 44.9 Å². The molecule has 0 spiro atoms. The lowest BCUT2D eigenvalue weighted by Crippen LogP contribution is -2.39. The van der Waals surface area contributed by atoms with Gasteiger partial charge in [-0.3, -0.25) is 0 Å². The van der Waals surface area contributed by atoms with Crippen molar-refractivity contribution >= 4 is 0 Å². The average molecular weight is 395 g/mol. The highest BCUT2D eigenvalue weighted by atomic mass is 16.7. The number of hydrogen-bond acceptors (Lipinski definition) is 4. The van der Waals surface area contributed by atoms with E-state index < -0.39 is 0 Å². The highest BCUT2D eigenvalue weighted by molar-refractivity contribution is 4.89. The van der Waals surface area contributed by atoms with Crippen molar-refractivity contribution < 1.29 is 18.9 Å². The summed E-state index contributed by atoms with van der Waals surface area (Å²) in [6, 6.07) is 0. The minimum Gasteiger partial charge on any atom is -0.352 e. The summed E-state index contributed by atoms with van der Waals surface area (Å²) in [5.41, 5.74) is 0. The van der Waals surface area contributed by atoms with Crippen molar-refractivity contribution in [3.8, 4) is 0 Å². The molecular weight excluding hydrogens is 352 g/mol. The maximum Gasteiger partial charge on any atom is 0.160 e. The van der Waals surface area contributed by atoms with Gasteiger partial charge in [-0.25, -0.2) is 0 Å². The van der Waals surface area contributed by atoms with Gasteiger partial charge in [0.1, 0.15) is 0 Å². The summed E-state index contributed by atoms with van der Waals surface area (Å²) in [6.45, 7) is 7.72. The number of hydrogen-bond donors (Lipinski definition) is 0. The lowest BCUT2D eigenvalue weighted by atomic mass is 9.79. The van der Waals surface area contributed by atoms with Crippen LogP contribution in [-0.2, 0) is 18.9 Å². The molecule has 0 aromatic carbocycles. The van der Waals surface area contributed by atoms with Crippen LogP contribution in [0.2, 0.25) is 0 Å². The van der Waals surface area contributed by atoms with E-state index >= 15 is 0 Å². The molecule has 0 unspecified atom stereocenters. The zero-order valence-corrected chi connectivity index (χ0v) is 18.2. The van der Waals surface area contributed by atoms with Gasteiger partial charge in [0, 0.05) is 17.8 Å². The molecule has 0 atom stereocenters. The standard InChI is InChI=1S/C24H42O4/c1-3-5-6-8-20-15-25-23(26-16-20)14-11-21-17-27-24(28-18-21)22-12-9-19(7-4-2)10-13-22/h6,8,19-24H,3-5,7,9-18H2,1-2H3. The maximum absolute atomic E-state index is 6.12. The number of allylic oxidation sites excluding steroid dienone is 1. The quantitative estimate of drug-likeness (QED) is 0.470. The van der Waals surface area contributed by atoms with Gasteiger partial charge in [-0.05, 0) is 50.9 Å². The van der Waals surface area contributed by atoms with Crippen LogP contribution in [0.15, 0.2) is 12.2 Å². The van der Waals surface area contributed by atoms with Gasteiger partial charge in [0.05, 0.1) is 26.4 Å². The summed E-state index contributed by atoms with van der Waals surface area (Å²) in [5.74, 6) is 2.44. The molecule has 0 N–H and O–H groups in total. The average Bonchev–Trinajstić information content (AvgIpc) is 2.75. The highest BCUT2D eigenvalue weighted by Crippen LogP contribution is 2.36. The van der Waals surface area contributed by atoms with Gasteiger partial charge in [-0.1, -0.05) is 45.3 Å². The molecule has 4 heteroatoms. The van der Waals surface area contributed by atoms with Crippen LogP contribution in [0.5, 0.6) is 0 Å². The summed E-state index contributed by atoms with van der Waals surface area (Å²) < 4.78 is 24.1. The van der Waals surface area contributed by atoms with Crippen LogP contribution in [0.4, 0.5) is 0 Å². The zero-order valence-electron chi connectivity index (χ0n) is 18.2. The van der Waals surface area contributed by atoms with Gasteiger partial charge in [0.25, 0.3) is 0 Å². The van der Waals surface area contributed by atoms with E-state index in [0.717, 1.165) is 51.6 Å². The van der Waals surface area contributed by atoms with E-state index in [1.54, 1.807) is 0 Å². The van der Waals surface area contributed by atoms with Crippen molar-refractivity contribution in [1.29, 1.82) is 0 Å². The first-order valence-electron chi connectivity index (χ1n) is 11.9. The third-order valence-electron chi connectivity index (χ3n) is 6.63. The third-order valence-corrected chi connectivity index (χ3v) is 6.63. The Morgan fingerprint density at radius 3 is 2.07 bits per heavy atom. The van der Waals surface area contributed by atoms with E-state index in [9.17, 15) is 0 Å². The van der Waals surface area contributed by atoms with Gasteiger partial charge in [0.2, 0.25) is 0 Å². The Balaban J connectivity index is 1.26. The van der Waals surface area contributed by atoms with Crippen LogP contribution < -0.4 is 0 Å². The van der Waals surface area contributed by atoms with Gasteiger partial charge in [0.15, 0.2) is 12.6 Å². The smallest absolute Gasteiger partial charge is 0.160 e. The Kier molecular flexibility index (Phi) is 9.79. The molecule has 0 aromatic rings. The maximum atomic E-state index is 6.12. The molecule has 28 heavy (non-hydrogen) atoms. The molecule has 0 radical (unpaired) electrons. The van der Waals surface area contributed by atoms with E-state index in [4.69, 9.17) is 18.9 Å². The fourth-order valence-corrected chi connectivity index (χ4v) is 4.82. The van der Waals surface area contributed by atoms with Crippen molar-refractivity contribution in [2.24, 2.45) is 23.7 Å². The summed E-state index contributed by atoms with van der Waals surface area (Å²) in [4.78, 5) is 0. The first-order chi connectivity index (χ1) is 13.8. The number of ether oxygens (including phenoxy) is 4. The van der Waals surface area contributed by atoms with Crippen LogP contribution in [0.3, 0.4) is 0 Å². The van der Waals surface area contributed by atoms with E-state index in [-0.39, 0.29) is 12.6 Å². The monoisotopic (exact) mass is 394 g/mol. The fraction of sp³-hybridized carbons (Fsp3) is 0.917. The molecule has 162 valence electrons. The van der Waals surface area contributed by atoms with Crippen LogP contribution in [0, 0.1) is 23.7 Å². The second-order valence-corrected chi connectivity index (χ2v) is 9.12. The second-order valence-electron chi connectivity index (χ2n) is 9.12. The predicted molar refractivity (Wildman–Crippen MR) is 112 cm³/mol. The zero-order chi connectivity index (χ0) is 19.6. The summed E-state index contributed by atoms with van der Waals surface area (Å²) in [5, 5.41) is 0. The minimum absolute atomic E-state index is 0.0386. The van der Waals surface area contributed by atoms with Gasteiger partial charge < -0.3 is 18.9 Å². The van der Waals surface area contributed by atoms with E-state index in [0.29, 0.717) is 17.8 Å². The van der Waals surface area contributed by atoms with Crippen LogP contribution in [0.1, 0.15) is 78.1 Å². The molecule has 4 nitrogen and oxygen atoms in total. The molecule has 2 saturated heterocycles. The van der Waals surface area contributed by atoms with E-state index in [1.807, 2.05) is 0 Å². The van der Waals surface area contributed by atoms with Crippen molar-refractivity contribution in [1.82, 2.24) is 0 Å². The normalized spacial score (nSPS) is 37.4. The Hall–Kier alpha value is -0.420. The lowest BCUT2D eigenvalue weighted by Gasteiger charge is -2.38. The summed E-state index contributed by atoms with van der Waals surface area (Å²) in [7, 11) is 0. The van der Waals surface area contributed by atoms with Crippen molar-refractivity contribution in [3.05, 3.63) is 12.2 Å². The topological polar surface area (TPSA) is 36.9 Å². The number of unbranched alkanes of at least 4 members (excludes halogenated alkanes) is 1. The summed E-state index contributed by atoms with van der Waals surface area (Å²) >= 11 is 0. The third kappa shape index (κ3) is 7.12. The SMILES string of the molecule is CCCC=CC1COC(CCC2COC(C3CCC(CCC)CC3)OC2)OC1. The Morgan fingerprint density at radius 1 is 0.714 bits per heavy atom. The van der Waals surface area contributed by atoms with Crippen molar-refractivity contribution in [3.63, 3.8) is 0 Å². The lowest BCUT2D eigenvalue weighted by molar-refractivity contribution is -0.235. The van der Waals surface area contributed by atoms with Gasteiger partial charge >= 0.3 is 0 Å². The molecule has 0 bridgehead atoms. The largest absolute Gasteiger partial charge is 0.352 e. The van der Waals surface area contributed by atoms with Gasteiger partial charge in [-0.2, -0.15) is 0 Å². The molecule has 1 saturated carbocycles. The molecule has 2 aliphatic heterocycles. The fourth-order valence-electron chi connectivity index (χ4n) is 4.82. The first kappa shape index (κ1) is 22.3. The Morgan fingerprint density at radius 2 is 1.43 bits per heavy atom. The molecule has 3 rings (SSSR count). The first-order valence-corrected chi connectivity index (χ1v) is 11.9.